The second kappa shape index (κ2) is 6.30. The number of nitrogens with one attached hydrogen (secondary N) is 2. The van der Waals surface area contributed by atoms with Crippen molar-refractivity contribution in [3.05, 3.63) is 47.2 Å². The van der Waals surface area contributed by atoms with Gasteiger partial charge in [-0.05, 0) is 54.1 Å². The van der Waals surface area contributed by atoms with Crippen LogP contribution < -0.4 is 11.1 Å². The Morgan fingerprint density at radius 1 is 1.45 bits per heavy atom. The van der Waals surface area contributed by atoms with Crippen molar-refractivity contribution in [3.63, 3.8) is 0 Å². The molecule has 1 aromatic carbocycles. The van der Waals surface area contributed by atoms with Gasteiger partial charge in [-0.25, -0.2) is 4.98 Å². The van der Waals surface area contributed by atoms with Crippen molar-refractivity contribution in [1.82, 2.24) is 10.3 Å². The van der Waals surface area contributed by atoms with E-state index in [0.717, 1.165) is 22.9 Å². The number of nitrogen functional groups attached to an aromatic ring is 1. The topological polar surface area (TPSA) is 74.8 Å². The molecule has 4 heteroatoms. The lowest BCUT2D eigenvalue weighted by Crippen LogP contribution is -2.17. The van der Waals surface area contributed by atoms with Gasteiger partial charge in [-0.3, -0.25) is 0 Å². The van der Waals surface area contributed by atoms with Gasteiger partial charge in [-0.15, -0.1) is 0 Å². The van der Waals surface area contributed by atoms with Gasteiger partial charge in [0.05, 0.1) is 0 Å². The Morgan fingerprint density at radius 2 is 2.25 bits per heavy atom. The summed E-state index contributed by atoms with van der Waals surface area (Å²) in [6.07, 6.45) is 5.06. The highest BCUT2D eigenvalue weighted by atomic mass is 14.9. The zero-order valence-electron chi connectivity index (χ0n) is 11.9. The first-order chi connectivity index (χ1) is 9.65. The number of aryl methyl sites for hydroxylation is 1. The minimum Gasteiger partial charge on any atom is -0.383 e. The number of fused-ring (bicyclic) bond motifs is 1. The van der Waals surface area contributed by atoms with Gasteiger partial charge in [0, 0.05) is 30.9 Å². The van der Waals surface area contributed by atoms with E-state index in [0.29, 0.717) is 12.4 Å². The molecule has 0 bridgehead atoms. The predicted octanol–water partition coefficient (Wildman–Crippen LogP) is 2.81. The fraction of sp³-hybridized carbons (Fsp3) is 0.250. The van der Waals surface area contributed by atoms with Crippen LogP contribution in [0.5, 0.6) is 0 Å². The summed E-state index contributed by atoms with van der Waals surface area (Å²) in [7, 11) is 0. The molecule has 1 aromatic heterocycles. The van der Waals surface area contributed by atoms with Gasteiger partial charge in [0.15, 0.2) is 0 Å². The summed E-state index contributed by atoms with van der Waals surface area (Å²) < 4.78 is 0. The van der Waals surface area contributed by atoms with Crippen molar-refractivity contribution in [2.45, 2.75) is 20.4 Å². The minimum atomic E-state index is 0.574. The number of nitrogens with zero attached hydrogens (tertiary/aromatic N) is 1. The van der Waals surface area contributed by atoms with E-state index in [-0.39, 0.29) is 0 Å². The Hall–Kier alpha value is -2.20. The summed E-state index contributed by atoms with van der Waals surface area (Å²) in [5, 5.41) is 12.7. The molecule has 0 radical (unpaired) electrons. The predicted molar refractivity (Wildman–Crippen MR) is 85.1 cm³/mol. The van der Waals surface area contributed by atoms with Gasteiger partial charge in [-0.2, -0.15) is 0 Å². The highest BCUT2D eigenvalue weighted by Gasteiger charge is 2.04. The Morgan fingerprint density at radius 3 is 2.95 bits per heavy atom. The summed E-state index contributed by atoms with van der Waals surface area (Å²) in [6.45, 7) is 5.50. The molecule has 0 spiro atoms. The summed E-state index contributed by atoms with van der Waals surface area (Å²) in [6, 6.07) is 6.21. The molecule has 1 heterocycles. The number of benzene rings is 1. The summed E-state index contributed by atoms with van der Waals surface area (Å²) >= 11 is 0. The van der Waals surface area contributed by atoms with Gasteiger partial charge in [-0.1, -0.05) is 6.08 Å². The lowest BCUT2D eigenvalue weighted by atomic mass is 10.0. The Labute approximate surface area is 119 Å². The number of hydrogen-bond acceptors (Lipinski definition) is 4. The average Bonchev–Trinajstić information content (AvgIpc) is 2.45. The summed E-state index contributed by atoms with van der Waals surface area (Å²) in [4.78, 5) is 4.12. The summed E-state index contributed by atoms with van der Waals surface area (Å²) in [5.74, 6) is 0.574. The van der Waals surface area contributed by atoms with E-state index in [1.165, 1.54) is 17.3 Å². The smallest absolute Gasteiger partial charge is 0.131 e. The number of nitrogens with two attached hydrogens (primary N) is 1. The van der Waals surface area contributed by atoms with E-state index in [9.17, 15) is 0 Å². The molecule has 104 valence electrons. The standard InChI is InChI=1S/C16H20N4/c1-3-12(8-17)9-19-10-14-7-13-4-5-20-16(18)15(13)6-11(14)2/h3-8,17,19H,9-10H2,1-2H3,(H2,18,20)/b12-3+,17-8?. The van der Waals surface area contributed by atoms with Crippen molar-refractivity contribution in [2.24, 2.45) is 0 Å². The molecule has 0 aliphatic rings. The third-order valence-electron chi connectivity index (χ3n) is 3.45. The van der Waals surface area contributed by atoms with Crippen molar-refractivity contribution in [2.75, 3.05) is 12.3 Å². The maximum absolute atomic E-state index is 7.26. The molecule has 0 aliphatic heterocycles. The number of anilines is 1. The number of pyridine rings is 1. The van der Waals surface area contributed by atoms with E-state index in [4.69, 9.17) is 11.1 Å². The van der Waals surface area contributed by atoms with E-state index in [1.54, 1.807) is 6.20 Å². The van der Waals surface area contributed by atoms with Crippen LogP contribution in [0.15, 0.2) is 36.0 Å². The van der Waals surface area contributed by atoms with Crippen molar-refractivity contribution in [3.8, 4) is 0 Å². The molecule has 2 rings (SSSR count). The second-order valence-electron chi connectivity index (χ2n) is 4.81. The highest BCUT2D eigenvalue weighted by Crippen LogP contribution is 2.23. The monoisotopic (exact) mass is 268 g/mol. The Kier molecular flexibility index (Phi) is 4.48. The van der Waals surface area contributed by atoms with Crippen molar-refractivity contribution in [1.29, 1.82) is 5.41 Å². The van der Waals surface area contributed by atoms with Gasteiger partial charge in [0.1, 0.15) is 5.82 Å². The van der Waals surface area contributed by atoms with Gasteiger partial charge >= 0.3 is 0 Å². The quantitative estimate of drug-likeness (QED) is 0.730. The number of aromatic nitrogens is 1. The molecule has 0 aliphatic carbocycles. The van der Waals surface area contributed by atoms with Crippen LogP contribution in [0.2, 0.25) is 0 Å². The largest absolute Gasteiger partial charge is 0.383 e. The second-order valence-corrected chi connectivity index (χ2v) is 4.81. The average molecular weight is 268 g/mol. The van der Waals surface area contributed by atoms with E-state index in [1.807, 2.05) is 19.1 Å². The lowest BCUT2D eigenvalue weighted by molar-refractivity contribution is 0.748. The molecule has 4 nitrogen and oxygen atoms in total. The van der Waals surface area contributed by atoms with Gasteiger partial charge in [0.2, 0.25) is 0 Å². The van der Waals surface area contributed by atoms with Crippen LogP contribution in [0.1, 0.15) is 18.1 Å². The Bertz CT molecular complexity index is 659. The number of rotatable bonds is 5. The first-order valence-electron chi connectivity index (χ1n) is 6.65. The maximum atomic E-state index is 7.26. The molecule has 0 saturated carbocycles. The fourth-order valence-electron chi connectivity index (χ4n) is 2.17. The van der Waals surface area contributed by atoms with Crippen molar-refractivity contribution < 1.29 is 0 Å². The molecule has 0 saturated heterocycles. The highest BCUT2D eigenvalue weighted by molar-refractivity contribution is 5.91. The first-order valence-corrected chi connectivity index (χ1v) is 6.65. The van der Waals surface area contributed by atoms with E-state index >= 15 is 0 Å². The zero-order valence-corrected chi connectivity index (χ0v) is 11.9. The van der Waals surface area contributed by atoms with Crippen LogP contribution in [0.4, 0.5) is 5.82 Å². The van der Waals surface area contributed by atoms with Crippen molar-refractivity contribution >= 4 is 22.8 Å². The number of allylic oxidation sites excluding steroid dienone is 1. The molecule has 0 atom stereocenters. The fourth-order valence-corrected chi connectivity index (χ4v) is 2.17. The van der Waals surface area contributed by atoms with Gasteiger partial charge in [0.25, 0.3) is 0 Å². The molecule has 0 amide bonds. The Balaban J connectivity index is 2.18. The van der Waals surface area contributed by atoms with E-state index in [2.05, 4.69) is 29.4 Å². The molecular formula is C16H20N4. The van der Waals surface area contributed by atoms with E-state index < -0.39 is 0 Å². The normalized spacial score (nSPS) is 11.8. The van der Waals surface area contributed by atoms with Crippen LogP contribution >= 0.6 is 0 Å². The maximum Gasteiger partial charge on any atom is 0.131 e. The molecule has 0 unspecified atom stereocenters. The first kappa shape index (κ1) is 14.2. The molecule has 2 aromatic rings. The zero-order chi connectivity index (χ0) is 14.5. The molecule has 4 N–H and O–H groups in total. The minimum absolute atomic E-state index is 0.574. The van der Waals surface area contributed by atoms with Gasteiger partial charge < -0.3 is 16.5 Å². The van der Waals surface area contributed by atoms with Crippen LogP contribution in [-0.2, 0) is 6.54 Å². The summed E-state index contributed by atoms with van der Waals surface area (Å²) in [5.41, 5.74) is 9.31. The van der Waals surface area contributed by atoms with Crippen LogP contribution in [-0.4, -0.2) is 17.7 Å². The van der Waals surface area contributed by atoms with Crippen LogP contribution in [0.3, 0.4) is 0 Å². The SMILES string of the molecule is C/C=C(\C=N)CNCc1cc2ccnc(N)c2cc1C. The number of hydrogen-bond donors (Lipinski definition) is 3. The molecule has 20 heavy (non-hydrogen) atoms. The lowest BCUT2D eigenvalue weighted by Gasteiger charge is -2.10. The molecular weight excluding hydrogens is 248 g/mol. The van der Waals surface area contributed by atoms with Crippen LogP contribution in [0.25, 0.3) is 10.8 Å². The third kappa shape index (κ3) is 3.03. The third-order valence-corrected chi connectivity index (χ3v) is 3.45. The van der Waals surface area contributed by atoms with Crippen LogP contribution in [0, 0.1) is 12.3 Å². The molecule has 0 fully saturated rings.